The fourth-order valence-corrected chi connectivity index (χ4v) is 2.29. The SMILES string of the molecule is CNC(=O)C(C)Sc1n[nH]c(/C=C/c2ccc(C)o2)n1. The van der Waals surface area contributed by atoms with Crippen LogP contribution in [0.2, 0.25) is 0 Å². The van der Waals surface area contributed by atoms with Crippen LogP contribution in [0.15, 0.2) is 21.7 Å². The Bertz CT molecular complexity index is 617. The van der Waals surface area contributed by atoms with Crippen LogP contribution in [0.3, 0.4) is 0 Å². The Morgan fingerprint density at radius 1 is 1.50 bits per heavy atom. The van der Waals surface area contributed by atoms with E-state index >= 15 is 0 Å². The summed E-state index contributed by atoms with van der Waals surface area (Å²) in [5.41, 5.74) is 0. The molecule has 2 rings (SSSR count). The van der Waals surface area contributed by atoms with E-state index in [1.54, 1.807) is 20.0 Å². The summed E-state index contributed by atoms with van der Waals surface area (Å²) in [6, 6.07) is 3.78. The van der Waals surface area contributed by atoms with Gasteiger partial charge in [0.05, 0.1) is 5.25 Å². The highest BCUT2D eigenvalue weighted by Gasteiger charge is 2.15. The smallest absolute Gasteiger partial charge is 0.233 e. The number of hydrogen-bond donors (Lipinski definition) is 2. The second-order valence-electron chi connectivity index (χ2n) is 4.16. The molecule has 0 radical (unpaired) electrons. The molecule has 1 unspecified atom stereocenters. The molecule has 2 N–H and O–H groups in total. The van der Waals surface area contributed by atoms with Crippen molar-refractivity contribution >= 4 is 29.8 Å². The van der Waals surface area contributed by atoms with Gasteiger partial charge < -0.3 is 9.73 Å². The van der Waals surface area contributed by atoms with E-state index in [2.05, 4.69) is 20.5 Å². The Labute approximate surface area is 121 Å². The van der Waals surface area contributed by atoms with Gasteiger partial charge in [0.15, 0.2) is 0 Å². The number of amides is 1. The number of nitrogens with zero attached hydrogens (tertiary/aromatic N) is 2. The highest BCUT2D eigenvalue weighted by molar-refractivity contribution is 8.00. The van der Waals surface area contributed by atoms with E-state index in [-0.39, 0.29) is 11.2 Å². The van der Waals surface area contributed by atoms with Crippen LogP contribution in [-0.4, -0.2) is 33.4 Å². The van der Waals surface area contributed by atoms with Crippen LogP contribution in [0.4, 0.5) is 0 Å². The average molecular weight is 292 g/mol. The van der Waals surface area contributed by atoms with Crippen LogP contribution in [0.5, 0.6) is 0 Å². The minimum Gasteiger partial charge on any atom is -0.462 e. The highest BCUT2D eigenvalue weighted by atomic mass is 32.2. The second kappa shape index (κ2) is 6.42. The molecule has 0 spiro atoms. The fraction of sp³-hybridized carbons (Fsp3) is 0.308. The first-order valence-electron chi connectivity index (χ1n) is 6.13. The molecule has 2 heterocycles. The molecule has 0 saturated carbocycles. The van der Waals surface area contributed by atoms with Crippen LogP contribution in [-0.2, 0) is 4.79 Å². The molecule has 0 fully saturated rings. The lowest BCUT2D eigenvalue weighted by molar-refractivity contribution is -0.119. The molecule has 6 nitrogen and oxygen atoms in total. The van der Waals surface area contributed by atoms with Gasteiger partial charge in [-0.15, -0.1) is 5.10 Å². The molecule has 0 bridgehead atoms. The van der Waals surface area contributed by atoms with Crippen molar-refractivity contribution in [3.05, 3.63) is 29.5 Å². The van der Waals surface area contributed by atoms with E-state index in [4.69, 9.17) is 4.42 Å². The number of aromatic amines is 1. The molecule has 0 aliphatic heterocycles. The highest BCUT2D eigenvalue weighted by Crippen LogP contribution is 2.19. The number of hydrogen-bond acceptors (Lipinski definition) is 5. The number of carbonyl (C=O) groups is 1. The number of carbonyl (C=O) groups excluding carboxylic acids is 1. The van der Waals surface area contributed by atoms with Gasteiger partial charge in [-0.2, -0.15) is 0 Å². The third-order valence-corrected chi connectivity index (χ3v) is 3.51. The zero-order valence-corrected chi connectivity index (χ0v) is 12.3. The number of rotatable bonds is 5. The summed E-state index contributed by atoms with van der Waals surface area (Å²) in [5, 5.41) is 9.75. The summed E-state index contributed by atoms with van der Waals surface area (Å²) < 4.78 is 5.42. The first-order valence-corrected chi connectivity index (χ1v) is 7.01. The molecule has 1 amide bonds. The van der Waals surface area contributed by atoms with Crippen molar-refractivity contribution in [3.63, 3.8) is 0 Å². The van der Waals surface area contributed by atoms with Crippen LogP contribution in [0, 0.1) is 6.92 Å². The third kappa shape index (κ3) is 3.74. The largest absolute Gasteiger partial charge is 0.462 e. The zero-order chi connectivity index (χ0) is 14.5. The monoisotopic (exact) mass is 292 g/mol. The Morgan fingerprint density at radius 3 is 2.95 bits per heavy atom. The van der Waals surface area contributed by atoms with E-state index < -0.39 is 0 Å². The normalized spacial score (nSPS) is 12.8. The van der Waals surface area contributed by atoms with Gasteiger partial charge in [0, 0.05) is 7.05 Å². The van der Waals surface area contributed by atoms with Crippen molar-refractivity contribution in [3.8, 4) is 0 Å². The van der Waals surface area contributed by atoms with Crippen molar-refractivity contribution in [2.45, 2.75) is 24.3 Å². The number of H-pyrrole nitrogens is 1. The summed E-state index contributed by atoms with van der Waals surface area (Å²) in [5.74, 6) is 2.18. The van der Waals surface area contributed by atoms with Gasteiger partial charge in [0.1, 0.15) is 17.3 Å². The summed E-state index contributed by atoms with van der Waals surface area (Å²) in [6.45, 7) is 3.70. The topological polar surface area (TPSA) is 83.8 Å². The molecule has 0 aromatic carbocycles. The summed E-state index contributed by atoms with van der Waals surface area (Å²) >= 11 is 1.30. The molecule has 106 valence electrons. The molecule has 0 saturated heterocycles. The fourth-order valence-electron chi connectivity index (χ4n) is 1.50. The van der Waals surface area contributed by atoms with Gasteiger partial charge in [-0.3, -0.25) is 9.89 Å². The molecule has 1 atom stereocenters. The van der Waals surface area contributed by atoms with Gasteiger partial charge in [0.25, 0.3) is 0 Å². The Kier molecular flexibility index (Phi) is 4.62. The van der Waals surface area contributed by atoms with Gasteiger partial charge in [-0.25, -0.2) is 4.98 Å². The average Bonchev–Trinajstić information content (AvgIpc) is 3.04. The van der Waals surface area contributed by atoms with Gasteiger partial charge >= 0.3 is 0 Å². The van der Waals surface area contributed by atoms with E-state index in [0.29, 0.717) is 11.0 Å². The molecule has 7 heteroatoms. The van der Waals surface area contributed by atoms with Crippen molar-refractivity contribution < 1.29 is 9.21 Å². The second-order valence-corrected chi connectivity index (χ2v) is 5.47. The Morgan fingerprint density at radius 2 is 2.30 bits per heavy atom. The Balaban J connectivity index is 1.98. The maximum atomic E-state index is 11.4. The van der Waals surface area contributed by atoms with Crippen LogP contribution in [0.25, 0.3) is 12.2 Å². The lowest BCUT2D eigenvalue weighted by Crippen LogP contribution is -2.27. The number of thioether (sulfide) groups is 1. The minimum absolute atomic E-state index is 0.0528. The standard InChI is InChI=1S/C13H16N4O2S/c1-8-4-5-10(19-8)6-7-11-15-13(17-16-11)20-9(2)12(18)14-3/h4-7,9H,1-3H3,(H,14,18)(H,15,16,17)/b7-6+. The number of nitrogens with one attached hydrogen (secondary N) is 2. The quantitative estimate of drug-likeness (QED) is 0.825. The zero-order valence-electron chi connectivity index (χ0n) is 11.5. The van der Waals surface area contributed by atoms with Crippen LogP contribution < -0.4 is 5.32 Å². The molecule has 0 aliphatic rings. The van der Waals surface area contributed by atoms with Gasteiger partial charge in [-0.05, 0) is 38.1 Å². The molecular formula is C13H16N4O2S. The van der Waals surface area contributed by atoms with Crippen molar-refractivity contribution in [2.24, 2.45) is 0 Å². The summed E-state index contributed by atoms with van der Waals surface area (Å²) in [7, 11) is 1.61. The first-order chi connectivity index (χ1) is 9.58. The third-order valence-electron chi connectivity index (χ3n) is 2.55. The number of furan rings is 1. The molecule has 20 heavy (non-hydrogen) atoms. The number of aromatic nitrogens is 3. The van der Waals surface area contributed by atoms with E-state index in [0.717, 1.165) is 11.5 Å². The lowest BCUT2D eigenvalue weighted by atomic mass is 10.4. The van der Waals surface area contributed by atoms with Crippen molar-refractivity contribution in [2.75, 3.05) is 7.05 Å². The summed E-state index contributed by atoms with van der Waals surface area (Å²) in [6.07, 6.45) is 3.59. The van der Waals surface area contributed by atoms with Crippen LogP contribution in [0.1, 0.15) is 24.3 Å². The van der Waals surface area contributed by atoms with E-state index in [1.165, 1.54) is 11.8 Å². The van der Waals surface area contributed by atoms with Gasteiger partial charge in [-0.1, -0.05) is 11.8 Å². The van der Waals surface area contributed by atoms with Gasteiger partial charge in [0.2, 0.25) is 11.1 Å². The molecular weight excluding hydrogens is 276 g/mol. The molecule has 2 aromatic rings. The van der Waals surface area contributed by atoms with E-state index in [1.807, 2.05) is 25.1 Å². The predicted octanol–water partition coefficient (Wildman–Crippen LogP) is 2.10. The summed E-state index contributed by atoms with van der Waals surface area (Å²) in [4.78, 5) is 15.7. The van der Waals surface area contributed by atoms with E-state index in [9.17, 15) is 4.79 Å². The maximum Gasteiger partial charge on any atom is 0.233 e. The Hall–Kier alpha value is -2.02. The number of aryl methyl sites for hydroxylation is 1. The van der Waals surface area contributed by atoms with Crippen LogP contribution >= 0.6 is 11.8 Å². The molecule has 0 aliphatic carbocycles. The first kappa shape index (κ1) is 14.4. The predicted molar refractivity (Wildman–Crippen MR) is 78.1 cm³/mol. The minimum atomic E-state index is -0.236. The van der Waals surface area contributed by atoms with Crippen molar-refractivity contribution in [1.82, 2.24) is 20.5 Å². The molecule has 2 aromatic heterocycles. The lowest BCUT2D eigenvalue weighted by Gasteiger charge is -2.05. The van der Waals surface area contributed by atoms with Crippen molar-refractivity contribution in [1.29, 1.82) is 0 Å². The maximum absolute atomic E-state index is 11.4.